The van der Waals surface area contributed by atoms with Crippen molar-refractivity contribution in [1.82, 2.24) is 9.97 Å². The third-order valence-corrected chi connectivity index (χ3v) is 4.58. The Balaban J connectivity index is 1.76. The summed E-state index contributed by atoms with van der Waals surface area (Å²) >= 11 is 6.26. The average molecular weight is 396 g/mol. The van der Waals surface area contributed by atoms with Crippen LogP contribution in [0.1, 0.15) is 11.1 Å². The van der Waals surface area contributed by atoms with Gasteiger partial charge in [-0.05, 0) is 54.3 Å². The van der Waals surface area contributed by atoms with Crippen molar-refractivity contribution in [1.29, 1.82) is 0 Å². The number of benzene rings is 2. The van der Waals surface area contributed by atoms with Gasteiger partial charge in [-0.1, -0.05) is 23.7 Å². The van der Waals surface area contributed by atoms with Crippen LogP contribution in [0.2, 0.25) is 5.02 Å². The number of hydrogen-bond acceptors (Lipinski definition) is 6. The van der Waals surface area contributed by atoms with E-state index in [0.717, 1.165) is 35.3 Å². The Morgan fingerprint density at radius 3 is 2.86 bits per heavy atom. The van der Waals surface area contributed by atoms with Gasteiger partial charge >= 0.3 is 0 Å². The van der Waals surface area contributed by atoms with Crippen LogP contribution < -0.4 is 21.1 Å². The fourth-order valence-corrected chi connectivity index (χ4v) is 3.14. The van der Waals surface area contributed by atoms with E-state index < -0.39 is 5.91 Å². The monoisotopic (exact) mass is 395 g/mol. The molecule has 28 heavy (non-hydrogen) atoms. The highest BCUT2D eigenvalue weighted by Crippen LogP contribution is 2.30. The number of amides is 1. The molecule has 0 saturated carbocycles. The highest BCUT2D eigenvalue weighted by Gasteiger charge is 2.12. The largest absolute Gasteiger partial charge is 0.484 e. The van der Waals surface area contributed by atoms with Gasteiger partial charge in [0.2, 0.25) is 5.95 Å². The van der Waals surface area contributed by atoms with Gasteiger partial charge in [-0.2, -0.15) is 4.98 Å². The molecule has 0 saturated heterocycles. The summed E-state index contributed by atoms with van der Waals surface area (Å²) in [7, 11) is 0. The molecule has 142 valence electrons. The quantitative estimate of drug-likeness (QED) is 0.626. The zero-order valence-corrected chi connectivity index (χ0v) is 15.7. The van der Waals surface area contributed by atoms with E-state index in [1.165, 1.54) is 0 Å². The topological polar surface area (TPSA) is 102 Å². The number of carbonyl (C=O) groups excluding carboxylic acids is 1. The van der Waals surface area contributed by atoms with Crippen molar-refractivity contribution in [2.24, 2.45) is 5.73 Å². The van der Waals surface area contributed by atoms with Crippen LogP contribution in [0.25, 0.3) is 0 Å². The molecule has 3 aromatic rings. The van der Waals surface area contributed by atoms with Crippen molar-refractivity contribution in [3.63, 3.8) is 0 Å². The Labute approximate surface area is 166 Å². The average Bonchev–Trinajstić information content (AvgIpc) is 2.68. The Morgan fingerprint density at radius 2 is 2.00 bits per heavy atom. The predicted molar refractivity (Wildman–Crippen MR) is 109 cm³/mol. The van der Waals surface area contributed by atoms with E-state index >= 15 is 0 Å². The molecule has 0 unspecified atom stereocenters. The molecule has 1 aliphatic heterocycles. The molecule has 0 spiro atoms. The lowest BCUT2D eigenvalue weighted by atomic mass is 10.0. The molecule has 0 aliphatic carbocycles. The van der Waals surface area contributed by atoms with Gasteiger partial charge in [-0.3, -0.25) is 4.79 Å². The molecule has 1 amide bonds. The molecule has 4 rings (SSSR count). The van der Waals surface area contributed by atoms with E-state index in [1.807, 2.05) is 30.3 Å². The first-order chi connectivity index (χ1) is 13.6. The second kappa shape index (κ2) is 7.74. The summed E-state index contributed by atoms with van der Waals surface area (Å²) in [5, 5.41) is 6.83. The Morgan fingerprint density at radius 1 is 1.14 bits per heavy atom. The predicted octanol–water partition coefficient (Wildman–Crippen LogP) is 3.58. The fraction of sp³-hybridized carbons (Fsp3) is 0.150. The molecule has 0 fully saturated rings. The summed E-state index contributed by atoms with van der Waals surface area (Å²) in [5.41, 5.74) is 9.01. The number of anilines is 4. The van der Waals surface area contributed by atoms with Crippen molar-refractivity contribution in [2.45, 2.75) is 12.8 Å². The van der Waals surface area contributed by atoms with Gasteiger partial charge in [-0.15, -0.1) is 0 Å². The van der Waals surface area contributed by atoms with E-state index in [4.69, 9.17) is 22.1 Å². The van der Waals surface area contributed by atoms with Crippen LogP contribution in [-0.4, -0.2) is 22.5 Å². The first-order valence-corrected chi connectivity index (χ1v) is 9.14. The fourth-order valence-electron chi connectivity index (χ4n) is 3.01. The lowest BCUT2D eigenvalue weighted by Gasteiger charge is -2.14. The summed E-state index contributed by atoms with van der Waals surface area (Å²) in [4.78, 5) is 19.8. The maximum atomic E-state index is 11.1. The second-order valence-corrected chi connectivity index (χ2v) is 6.83. The normalized spacial score (nSPS) is 12.5. The zero-order valence-electron chi connectivity index (χ0n) is 14.9. The number of carbonyl (C=O) groups is 1. The van der Waals surface area contributed by atoms with Crippen molar-refractivity contribution >= 4 is 40.6 Å². The number of nitrogens with two attached hydrogens (primary N) is 1. The molecule has 4 N–H and O–H groups in total. The van der Waals surface area contributed by atoms with E-state index in [1.54, 1.807) is 6.20 Å². The SMILES string of the molecule is NC(=O)COc1ccc2cc1CCc1cccc(c1)Nc1ncc(Cl)c(n1)N2. The van der Waals surface area contributed by atoms with Crippen LogP contribution in [0, 0.1) is 0 Å². The number of primary amides is 1. The number of fused-ring (bicyclic) bond motifs is 6. The minimum atomic E-state index is -0.516. The smallest absolute Gasteiger partial charge is 0.255 e. The van der Waals surface area contributed by atoms with E-state index in [9.17, 15) is 4.79 Å². The van der Waals surface area contributed by atoms with Crippen molar-refractivity contribution in [2.75, 3.05) is 17.2 Å². The van der Waals surface area contributed by atoms with Crippen molar-refractivity contribution in [3.8, 4) is 5.75 Å². The molecule has 2 heterocycles. The first-order valence-electron chi connectivity index (χ1n) is 8.76. The number of aromatic nitrogens is 2. The van der Waals surface area contributed by atoms with E-state index in [2.05, 4.69) is 32.7 Å². The van der Waals surface area contributed by atoms with Gasteiger partial charge in [0, 0.05) is 11.4 Å². The maximum Gasteiger partial charge on any atom is 0.255 e. The Bertz CT molecular complexity index is 1040. The molecule has 1 aromatic heterocycles. The summed E-state index contributed by atoms with van der Waals surface area (Å²) in [6.45, 7) is -0.166. The van der Waals surface area contributed by atoms with Gasteiger partial charge in [-0.25, -0.2) is 4.98 Å². The molecule has 0 radical (unpaired) electrons. The molecular formula is C20H18ClN5O2. The van der Waals surface area contributed by atoms with Crippen LogP contribution in [0.4, 0.5) is 23.1 Å². The standard InChI is InChI=1S/C20H18ClN5O2/c21-16-10-23-20-25-14-3-1-2-12(8-14)4-5-13-9-15(24-19(16)26-20)6-7-17(13)28-11-18(22)27/h1-3,6-10H,4-5,11H2,(H2,22,27)(H2,23,24,25,26). The number of ether oxygens (including phenoxy) is 1. The van der Waals surface area contributed by atoms with Gasteiger partial charge in [0.1, 0.15) is 10.8 Å². The number of nitrogens with one attached hydrogen (secondary N) is 2. The van der Waals surface area contributed by atoms with Gasteiger partial charge in [0.05, 0.1) is 6.20 Å². The van der Waals surface area contributed by atoms with E-state index in [-0.39, 0.29) is 6.61 Å². The molecule has 7 nitrogen and oxygen atoms in total. The van der Waals surface area contributed by atoms with Gasteiger partial charge < -0.3 is 21.1 Å². The highest BCUT2D eigenvalue weighted by atomic mass is 35.5. The highest BCUT2D eigenvalue weighted by molar-refractivity contribution is 6.32. The van der Waals surface area contributed by atoms with Crippen LogP contribution in [0.5, 0.6) is 5.75 Å². The molecule has 8 heteroatoms. The molecule has 0 atom stereocenters. The minimum absolute atomic E-state index is 0.166. The summed E-state index contributed by atoms with van der Waals surface area (Å²) in [5.74, 6) is 1.05. The maximum absolute atomic E-state index is 11.1. The Kier molecular flexibility index (Phi) is 4.99. The summed E-state index contributed by atoms with van der Waals surface area (Å²) in [6, 6.07) is 13.7. The lowest BCUT2D eigenvalue weighted by molar-refractivity contribution is -0.119. The van der Waals surface area contributed by atoms with Crippen LogP contribution in [-0.2, 0) is 17.6 Å². The number of aryl methyl sites for hydroxylation is 2. The van der Waals surface area contributed by atoms with Crippen LogP contribution >= 0.6 is 11.6 Å². The molecule has 6 bridgehead atoms. The minimum Gasteiger partial charge on any atom is -0.484 e. The summed E-state index contributed by atoms with van der Waals surface area (Å²) in [6.07, 6.45) is 3.07. The number of halogens is 1. The van der Waals surface area contributed by atoms with Crippen LogP contribution in [0.3, 0.4) is 0 Å². The number of nitrogens with zero attached hydrogens (tertiary/aromatic N) is 2. The lowest BCUT2D eigenvalue weighted by Crippen LogP contribution is -2.20. The number of rotatable bonds is 3. The Hall–Kier alpha value is -3.32. The zero-order chi connectivity index (χ0) is 19.5. The van der Waals surface area contributed by atoms with Gasteiger partial charge in [0.25, 0.3) is 5.91 Å². The van der Waals surface area contributed by atoms with Crippen LogP contribution in [0.15, 0.2) is 48.7 Å². The van der Waals surface area contributed by atoms with E-state index in [0.29, 0.717) is 22.5 Å². The second-order valence-electron chi connectivity index (χ2n) is 6.42. The summed E-state index contributed by atoms with van der Waals surface area (Å²) < 4.78 is 5.58. The van der Waals surface area contributed by atoms with Crippen molar-refractivity contribution < 1.29 is 9.53 Å². The first kappa shape index (κ1) is 18.1. The molecule has 1 aliphatic rings. The third kappa shape index (κ3) is 4.15. The molecule has 2 aromatic carbocycles. The van der Waals surface area contributed by atoms with Crippen molar-refractivity contribution in [3.05, 3.63) is 64.8 Å². The molecular weight excluding hydrogens is 378 g/mol. The van der Waals surface area contributed by atoms with Gasteiger partial charge in [0.15, 0.2) is 12.4 Å². The third-order valence-electron chi connectivity index (χ3n) is 4.30. The number of hydrogen-bond donors (Lipinski definition) is 3.